The van der Waals surface area contributed by atoms with E-state index in [2.05, 4.69) is 16.9 Å². The lowest BCUT2D eigenvalue weighted by atomic mass is 9.83. The number of hydrogen-bond acceptors (Lipinski definition) is 4. The minimum absolute atomic E-state index is 0.155. The molecule has 0 aliphatic heterocycles. The van der Waals surface area contributed by atoms with Crippen LogP contribution in [0.2, 0.25) is 0 Å². The Morgan fingerprint density at radius 2 is 1.83 bits per heavy atom. The maximum Gasteiger partial charge on any atom is 0.314 e. The summed E-state index contributed by atoms with van der Waals surface area (Å²) in [6.07, 6.45) is 4.84. The molecule has 0 radical (unpaired) electrons. The van der Waals surface area contributed by atoms with Gasteiger partial charge in [-0.05, 0) is 38.5 Å². The summed E-state index contributed by atoms with van der Waals surface area (Å²) in [4.78, 5) is 20.1. The Kier molecular flexibility index (Phi) is 4.88. The van der Waals surface area contributed by atoms with Crippen molar-refractivity contribution in [3.05, 3.63) is 42.0 Å². The number of nitrogens with zero attached hydrogens (tertiary/aromatic N) is 2. The molecule has 24 heavy (non-hydrogen) atoms. The molecule has 4 nitrogen and oxygen atoms in total. The first-order valence-corrected chi connectivity index (χ1v) is 8.34. The van der Waals surface area contributed by atoms with Crippen LogP contribution in [0, 0.1) is 24.7 Å². The number of hydrogen-bond donors (Lipinski definition) is 0. The summed E-state index contributed by atoms with van der Waals surface area (Å²) in [5, 5.41) is 0. The third-order valence-electron chi connectivity index (χ3n) is 4.58. The van der Waals surface area contributed by atoms with Gasteiger partial charge in [0.1, 0.15) is 0 Å². The molecule has 1 aliphatic carbocycles. The Morgan fingerprint density at radius 3 is 2.46 bits per heavy atom. The summed E-state index contributed by atoms with van der Waals surface area (Å²) in [6, 6.07) is 7.49. The third kappa shape index (κ3) is 3.78. The molecular formula is C19H21FN2O2. The zero-order valence-electron chi connectivity index (χ0n) is 14.0. The van der Waals surface area contributed by atoms with Gasteiger partial charge < -0.3 is 4.74 Å². The van der Waals surface area contributed by atoms with Gasteiger partial charge >= 0.3 is 5.97 Å². The van der Waals surface area contributed by atoms with E-state index in [0.29, 0.717) is 5.92 Å². The van der Waals surface area contributed by atoms with Gasteiger partial charge in [-0.25, -0.2) is 4.98 Å². The molecule has 0 spiro atoms. The van der Waals surface area contributed by atoms with E-state index < -0.39 is 5.95 Å². The molecule has 0 atom stereocenters. The fourth-order valence-corrected chi connectivity index (χ4v) is 2.95. The van der Waals surface area contributed by atoms with Crippen molar-refractivity contribution >= 4 is 5.97 Å². The quantitative estimate of drug-likeness (QED) is 0.622. The van der Waals surface area contributed by atoms with Crippen LogP contribution in [0.5, 0.6) is 5.75 Å². The Morgan fingerprint density at radius 1 is 1.17 bits per heavy atom. The van der Waals surface area contributed by atoms with E-state index in [4.69, 9.17) is 4.74 Å². The highest BCUT2D eigenvalue weighted by Crippen LogP contribution is 2.30. The van der Waals surface area contributed by atoms with Gasteiger partial charge in [-0.3, -0.25) is 4.79 Å². The maximum atomic E-state index is 14.2. The molecule has 1 fully saturated rings. The van der Waals surface area contributed by atoms with Crippen LogP contribution in [0.4, 0.5) is 4.39 Å². The van der Waals surface area contributed by atoms with Crippen LogP contribution in [0.25, 0.3) is 11.4 Å². The number of benzene rings is 1. The molecule has 1 heterocycles. The van der Waals surface area contributed by atoms with E-state index in [1.807, 2.05) is 31.2 Å². The fourth-order valence-electron chi connectivity index (χ4n) is 2.95. The van der Waals surface area contributed by atoms with Gasteiger partial charge in [-0.1, -0.05) is 36.8 Å². The summed E-state index contributed by atoms with van der Waals surface area (Å²) in [7, 11) is 0. The summed E-state index contributed by atoms with van der Waals surface area (Å²) in [5.41, 5.74) is 1.82. The number of carbonyl (C=O) groups is 1. The van der Waals surface area contributed by atoms with Gasteiger partial charge in [-0.2, -0.15) is 9.37 Å². The van der Waals surface area contributed by atoms with Crippen molar-refractivity contribution < 1.29 is 13.9 Å². The average Bonchev–Trinajstić information content (AvgIpc) is 2.58. The summed E-state index contributed by atoms with van der Waals surface area (Å²) in [6.45, 7) is 4.15. The van der Waals surface area contributed by atoms with E-state index in [-0.39, 0.29) is 23.5 Å². The van der Waals surface area contributed by atoms with Crippen LogP contribution < -0.4 is 4.74 Å². The number of aryl methyl sites for hydroxylation is 1. The van der Waals surface area contributed by atoms with Crippen molar-refractivity contribution in [3.8, 4) is 17.1 Å². The second kappa shape index (κ2) is 7.07. The Hall–Kier alpha value is -2.30. The minimum atomic E-state index is -0.807. The number of esters is 1. The van der Waals surface area contributed by atoms with E-state index in [1.165, 1.54) is 6.20 Å². The number of carbonyl (C=O) groups excluding carboxylic acids is 1. The zero-order valence-corrected chi connectivity index (χ0v) is 14.0. The van der Waals surface area contributed by atoms with Crippen molar-refractivity contribution in [2.75, 3.05) is 0 Å². The molecule has 1 aromatic carbocycles. The molecule has 0 saturated heterocycles. The number of ether oxygens (including phenoxy) is 1. The van der Waals surface area contributed by atoms with Crippen LogP contribution in [0.15, 0.2) is 30.5 Å². The first-order valence-electron chi connectivity index (χ1n) is 8.34. The molecule has 3 rings (SSSR count). The summed E-state index contributed by atoms with van der Waals surface area (Å²) >= 11 is 0. The highest BCUT2D eigenvalue weighted by Gasteiger charge is 2.27. The maximum absolute atomic E-state index is 14.2. The number of aromatic nitrogens is 2. The van der Waals surface area contributed by atoms with Crippen LogP contribution in [-0.2, 0) is 4.79 Å². The van der Waals surface area contributed by atoms with Crippen LogP contribution in [0.3, 0.4) is 0 Å². The van der Waals surface area contributed by atoms with Crippen molar-refractivity contribution in [2.24, 2.45) is 11.8 Å². The molecule has 126 valence electrons. The SMILES string of the molecule is Cc1ccc(-c2ncc(OC(=O)C3CCC(C)CC3)c(F)n2)cc1. The summed E-state index contributed by atoms with van der Waals surface area (Å²) < 4.78 is 19.4. The molecule has 0 bridgehead atoms. The van der Waals surface area contributed by atoms with Gasteiger partial charge in [-0.15, -0.1) is 0 Å². The molecule has 5 heteroatoms. The second-order valence-electron chi connectivity index (χ2n) is 6.59. The molecule has 1 aromatic heterocycles. The normalized spacial score (nSPS) is 20.6. The Bertz CT molecular complexity index is 723. The lowest BCUT2D eigenvalue weighted by molar-refractivity contribution is -0.140. The van der Waals surface area contributed by atoms with E-state index in [9.17, 15) is 9.18 Å². The smallest absolute Gasteiger partial charge is 0.314 e. The predicted octanol–water partition coefficient (Wildman–Crippen LogP) is 4.32. The van der Waals surface area contributed by atoms with Crippen molar-refractivity contribution in [3.63, 3.8) is 0 Å². The molecule has 1 saturated carbocycles. The van der Waals surface area contributed by atoms with Crippen molar-refractivity contribution in [1.29, 1.82) is 0 Å². The zero-order chi connectivity index (χ0) is 17.1. The third-order valence-corrected chi connectivity index (χ3v) is 4.58. The van der Waals surface area contributed by atoms with Crippen LogP contribution in [0.1, 0.15) is 38.2 Å². The predicted molar refractivity (Wildman–Crippen MR) is 88.9 cm³/mol. The average molecular weight is 328 g/mol. The number of rotatable bonds is 3. The number of halogens is 1. The van der Waals surface area contributed by atoms with E-state index in [1.54, 1.807) is 0 Å². The van der Waals surface area contributed by atoms with Gasteiger partial charge in [0.2, 0.25) is 5.75 Å². The fraction of sp³-hybridized carbons (Fsp3) is 0.421. The van der Waals surface area contributed by atoms with E-state index in [0.717, 1.165) is 36.8 Å². The van der Waals surface area contributed by atoms with Crippen LogP contribution >= 0.6 is 0 Å². The van der Waals surface area contributed by atoms with Crippen molar-refractivity contribution in [2.45, 2.75) is 39.5 Å². The van der Waals surface area contributed by atoms with E-state index >= 15 is 0 Å². The standard InChI is InChI=1S/C19H21FN2O2/c1-12-3-7-14(8-4-12)18-21-11-16(17(20)22-18)24-19(23)15-9-5-13(2)6-10-15/h3-4,7-8,11,13,15H,5-6,9-10H2,1-2H3. The monoisotopic (exact) mass is 328 g/mol. The van der Waals surface area contributed by atoms with Crippen molar-refractivity contribution in [1.82, 2.24) is 9.97 Å². The van der Waals surface area contributed by atoms with Gasteiger partial charge in [0.15, 0.2) is 5.82 Å². The molecule has 2 aromatic rings. The summed E-state index contributed by atoms with van der Waals surface area (Å²) in [5.74, 6) is -0.626. The lowest BCUT2D eigenvalue weighted by Crippen LogP contribution is -2.25. The molecular weight excluding hydrogens is 307 g/mol. The molecule has 0 N–H and O–H groups in total. The van der Waals surface area contributed by atoms with Gasteiger partial charge in [0.25, 0.3) is 5.95 Å². The largest absolute Gasteiger partial charge is 0.420 e. The first kappa shape index (κ1) is 16.6. The Balaban J connectivity index is 1.71. The molecule has 0 amide bonds. The van der Waals surface area contributed by atoms with Gasteiger partial charge in [0, 0.05) is 5.56 Å². The lowest BCUT2D eigenvalue weighted by Gasteiger charge is -2.24. The first-order chi connectivity index (χ1) is 11.5. The van der Waals surface area contributed by atoms with Gasteiger partial charge in [0.05, 0.1) is 12.1 Å². The molecule has 1 aliphatic rings. The topological polar surface area (TPSA) is 52.1 Å². The molecule has 0 unspecified atom stereocenters. The second-order valence-corrected chi connectivity index (χ2v) is 6.59. The van der Waals surface area contributed by atoms with Crippen LogP contribution in [-0.4, -0.2) is 15.9 Å². The Labute approximate surface area is 141 Å². The highest BCUT2D eigenvalue weighted by atomic mass is 19.1. The highest BCUT2D eigenvalue weighted by molar-refractivity contribution is 5.75. The minimum Gasteiger partial charge on any atom is -0.420 e.